The summed E-state index contributed by atoms with van der Waals surface area (Å²) in [6.45, 7) is 18.3. The molecule has 0 aromatic rings. The van der Waals surface area contributed by atoms with Gasteiger partial charge in [-0.05, 0) is 57.7 Å². The van der Waals surface area contributed by atoms with Crippen LogP contribution in [-0.2, 0) is 18.6 Å². The van der Waals surface area contributed by atoms with E-state index >= 15 is 0 Å². The van der Waals surface area contributed by atoms with E-state index in [-0.39, 0.29) is 34.5 Å². The zero-order valence-electron chi connectivity index (χ0n) is 21.2. The minimum atomic E-state index is -2.03. The molecule has 2 spiro atoms. The van der Waals surface area contributed by atoms with E-state index < -0.39 is 37.5 Å². The Morgan fingerprint density at radius 2 is 1.72 bits per heavy atom. The van der Waals surface area contributed by atoms with E-state index in [9.17, 15) is 10.2 Å². The fourth-order valence-electron chi connectivity index (χ4n) is 7.73. The summed E-state index contributed by atoms with van der Waals surface area (Å²) in [4.78, 5) is 0. The Morgan fingerprint density at radius 1 is 1.03 bits per heavy atom. The summed E-state index contributed by atoms with van der Waals surface area (Å²) in [6, 6.07) is 0. The molecule has 3 aliphatic carbocycles. The predicted octanol–water partition coefficient (Wildman–Crippen LogP) is 3.99. The third-order valence-corrected chi connectivity index (χ3v) is 15.0. The Kier molecular flexibility index (Phi) is 5.04. The standard InChI is InChI=1S/C25H44O6Si/c1-21(2,3)32(7,8)30-18-12-19-23(6)10-9-20-24(19,14-28-22(4,5)29-20)31-25(23)13-17(27)16(26)11-15(18)25/h15-20,26-27H,9-14H2,1-8H3/t15-,16?,17?,18-,19+,20+,23+,24+,25-/m1/s1. The summed E-state index contributed by atoms with van der Waals surface area (Å²) in [5.41, 5.74) is -1.12. The van der Waals surface area contributed by atoms with Crippen LogP contribution in [0.15, 0.2) is 0 Å². The Hall–Kier alpha value is -0.0231. The highest BCUT2D eigenvalue weighted by atomic mass is 28.4. The molecule has 0 amide bonds. The zero-order chi connectivity index (χ0) is 23.5. The normalized spacial score (nSPS) is 52.3. The van der Waals surface area contributed by atoms with Crippen molar-refractivity contribution in [1.82, 2.24) is 0 Å². The molecule has 5 fully saturated rings. The maximum atomic E-state index is 10.9. The van der Waals surface area contributed by atoms with Crippen LogP contribution < -0.4 is 0 Å². The lowest BCUT2D eigenvalue weighted by Gasteiger charge is -2.61. The molecule has 0 radical (unpaired) electrons. The summed E-state index contributed by atoms with van der Waals surface area (Å²) in [7, 11) is -2.03. The van der Waals surface area contributed by atoms with Gasteiger partial charge in [0.1, 0.15) is 5.60 Å². The summed E-state index contributed by atoms with van der Waals surface area (Å²) < 4.78 is 27.0. The van der Waals surface area contributed by atoms with Gasteiger partial charge in [0.05, 0.1) is 36.6 Å². The quantitative estimate of drug-likeness (QED) is 0.597. The van der Waals surface area contributed by atoms with Crippen LogP contribution >= 0.6 is 0 Å². The van der Waals surface area contributed by atoms with E-state index in [1.807, 2.05) is 13.8 Å². The molecule has 2 unspecified atom stereocenters. The van der Waals surface area contributed by atoms with Crippen LogP contribution in [0.2, 0.25) is 18.1 Å². The number of aliphatic hydroxyl groups excluding tert-OH is 2. The van der Waals surface area contributed by atoms with Crippen molar-refractivity contribution in [3.63, 3.8) is 0 Å². The maximum absolute atomic E-state index is 10.9. The van der Waals surface area contributed by atoms with Crippen molar-refractivity contribution in [1.29, 1.82) is 0 Å². The molecule has 0 aromatic heterocycles. The zero-order valence-corrected chi connectivity index (χ0v) is 22.2. The van der Waals surface area contributed by atoms with Crippen molar-refractivity contribution >= 4 is 8.32 Å². The first-order valence-electron chi connectivity index (χ1n) is 12.6. The number of aliphatic hydroxyl groups is 2. The summed E-state index contributed by atoms with van der Waals surface area (Å²) in [5, 5.41) is 21.7. The van der Waals surface area contributed by atoms with Crippen molar-refractivity contribution < 1.29 is 28.8 Å². The van der Waals surface area contributed by atoms with Crippen molar-refractivity contribution in [3.05, 3.63) is 0 Å². The lowest BCUT2D eigenvalue weighted by atomic mass is 9.46. The molecule has 2 heterocycles. The molecule has 32 heavy (non-hydrogen) atoms. The molecule has 9 atom stereocenters. The molecule has 4 bridgehead atoms. The number of hydrogen-bond donors (Lipinski definition) is 2. The van der Waals surface area contributed by atoms with Gasteiger partial charge >= 0.3 is 0 Å². The second-order valence-corrected chi connectivity index (χ2v) is 18.3. The minimum Gasteiger partial charge on any atom is -0.414 e. The van der Waals surface area contributed by atoms with Crippen LogP contribution in [0, 0.1) is 17.3 Å². The maximum Gasteiger partial charge on any atom is 0.192 e. The van der Waals surface area contributed by atoms with Crippen molar-refractivity contribution in [2.24, 2.45) is 17.3 Å². The average Bonchev–Trinajstić information content (AvgIpc) is 2.73. The smallest absolute Gasteiger partial charge is 0.192 e. The van der Waals surface area contributed by atoms with Crippen molar-refractivity contribution in [2.75, 3.05) is 6.61 Å². The molecule has 2 saturated heterocycles. The Bertz CT molecular complexity index is 779. The molecule has 3 saturated carbocycles. The highest BCUT2D eigenvalue weighted by Crippen LogP contribution is 2.73. The van der Waals surface area contributed by atoms with Gasteiger partial charge in [0, 0.05) is 23.7 Å². The largest absolute Gasteiger partial charge is 0.414 e. The van der Waals surface area contributed by atoms with Gasteiger partial charge in [-0.1, -0.05) is 27.7 Å². The summed E-state index contributed by atoms with van der Waals surface area (Å²) >= 11 is 0. The van der Waals surface area contributed by atoms with Crippen LogP contribution in [0.5, 0.6) is 0 Å². The van der Waals surface area contributed by atoms with E-state index in [0.29, 0.717) is 19.4 Å². The van der Waals surface area contributed by atoms with Gasteiger partial charge in [0.15, 0.2) is 14.1 Å². The monoisotopic (exact) mass is 468 g/mol. The molecule has 2 N–H and O–H groups in total. The molecular weight excluding hydrogens is 424 g/mol. The van der Waals surface area contributed by atoms with Crippen LogP contribution in [0.4, 0.5) is 0 Å². The third kappa shape index (κ3) is 2.98. The molecule has 2 aliphatic heterocycles. The minimum absolute atomic E-state index is 0.0139. The first-order chi connectivity index (χ1) is 14.6. The van der Waals surface area contributed by atoms with E-state index in [2.05, 4.69) is 40.8 Å². The third-order valence-electron chi connectivity index (χ3n) is 10.5. The molecule has 5 aliphatic rings. The second kappa shape index (κ2) is 6.80. The van der Waals surface area contributed by atoms with E-state index in [4.69, 9.17) is 18.6 Å². The molecule has 5 rings (SSSR count). The SMILES string of the molecule is CC1(C)OC[C@]23O[C@]45CC(O)C(O)C[C@@H]4[C@H](O[Si](C)(C)C(C)(C)C)C[C@H]2[C@]5(C)CC[C@@H]3O1. The molecular formula is C25H44O6Si. The van der Waals surface area contributed by atoms with Crippen LogP contribution in [0.3, 0.4) is 0 Å². The van der Waals surface area contributed by atoms with Gasteiger partial charge in [-0.15, -0.1) is 0 Å². The topological polar surface area (TPSA) is 77.4 Å². The first kappa shape index (κ1) is 23.7. The highest BCUT2D eigenvalue weighted by molar-refractivity contribution is 6.74. The summed E-state index contributed by atoms with van der Waals surface area (Å²) in [6.07, 6.45) is 2.34. The number of ether oxygens (including phenoxy) is 3. The second-order valence-electron chi connectivity index (χ2n) is 13.6. The van der Waals surface area contributed by atoms with Crippen LogP contribution in [0.1, 0.15) is 73.6 Å². The van der Waals surface area contributed by atoms with Gasteiger partial charge in [0.25, 0.3) is 0 Å². The average molecular weight is 469 g/mol. The van der Waals surface area contributed by atoms with Crippen molar-refractivity contribution in [2.45, 2.75) is 133 Å². The lowest BCUT2D eigenvalue weighted by molar-refractivity contribution is -0.353. The predicted molar refractivity (Wildman–Crippen MR) is 124 cm³/mol. The first-order valence-corrected chi connectivity index (χ1v) is 15.5. The number of rotatable bonds is 2. The fourth-order valence-corrected chi connectivity index (χ4v) is 9.10. The fraction of sp³-hybridized carbons (Fsp3) is 1.00. The highest BCUT2D eigenvalue weighted by Gasteiger charge is 2.80. The summed E-state index contributed by atoms with van der Waals surface area (Å²) in [5.74, 6) is -0.303. The lowest BCUT2D eigenvalue weighted by Crippen LogP contribution is -2.67. The van der Waals surface area contributed by atoms with Crippen LogP contribution in [0.25, 0.3) is 0 Å². The van der Waals surface area contributed by atoms with Crippen molar-refractivity contribution in [3.8, 4) is 0 Å². The van der Waals surface area contributed by atoms with E-state index in [1.165, 1.54) is 0 Å². The van der Waals surface area contributed by atoms with E-state index in [1.54, 1.807) is 0 Å². The van der Waals surface area contributed by atoms with Gasteiger partial charge in [-0.25, -0.2) is 0 Å². The van der Waals surface area contributed by atoms with E-state index in [0.717, 1.165) is 19.3 Å². The van der Waals surface area contributed by atoms with Crippen LogP contribution in [-0.4, -0.2) is 66.5 Å². The van der Waals surface area contributed by atoms with Gasteiger partial charge in [-0.2, -0.15) is 0 Å². The van der Waals surface area contributed by atoms with Gasteiger partial charge in [0.2, 0.25) is 0 Å². The Morgan fingerprint density at radius 3 is 2.38 bits per heavy atom. The molecule has 6 nitrogen and oxygen atoms in total. The van der Waals surface area contributed by atoms with Gasteiger partial charge in [-0.3, -0.25) is 0 Å². The molecule has 7 heteroatoms. The molecule has 184 valence electrons. The molecule has 0 aromatic carbocycles. The van der Waals surface area contributed by atoms with Gasteiger partial charge < -0.3 is 28.8 Å². The Balaban J connectivity index is 1.59. The number of hydrogen-bond acceptors (Lipinski definition) is 6. The Labute approximate surface area is 194 Å².